The molecule has 0 spiro atoms. The van der Waals surface area contributed by atoms with E-state index in [1.165, 1.54) is 25.7 Å². The van der Waals surface area contributed by atoms with Crippen molar-refractivity contribution in [2.24, 2.45) is 5.41 Å². The molecule has 0 aromatic heterocycles. The first-order valence-corrected chi connectivity index (χ1v) is 10.9. The first kappa shape index (κ1) is 24.5. The van der Waals surface area contributed by atoms with E-state index >= 15 is 0 Å². The maximum absolute atomic E-state index is 12.9. The highest BCUT2D eigenvalue weighted by atomic mass is 35.5. The minimum Gasteiger partial charge on any atom is -0.465 e. The molecule has 1 rings (SSSR count). The van der Waals surface area contributed by atoms with Crippen LogP contribution in [0, 0.1) is 12.3 Å². The summed E-state index contributed by atoms with van der Waals surface area (Å²) in [5, 5.41) is 0.344. The SMILES string of the molecule is CCCCCCCCCOC(=O)C(CC)(CC)C(=O)Oc1cc(C)ccc1Cl. The lowest BCUT2D eigenvalue weighted by Crippen LogP contribution is -2.42. The zero-order valence-corrected chi connectivity index (χ0v) is 18.6. The molecule has 0 fully saturated rings. The third-order valence-electron chi connectivity index (χ3n) is 5.26. The van der Waals surface area contributed by atoms with Gasteiger partial charge >= 0.3 is 11.9 Å². The summed E-state index contributed by atoms with van der Waals surface area (Å²) >= 11 is 6.13. The largest absolute Gasteiger partial charge is 0.465 e. The van der Waals surface area contributed by atoms with Crippen molar-refractivity contribution in [1.29, 1.82) is 0 Å². The van der Waals surface area contributed by atoms with Crippen LogP contribution in [0.4, 0.5) is 0 Å². The van der Waals surface area contributed by atoms with Gasteiger partial charge in [-0.2, -0.15) is 0 Å². The number of esters is 2. The first-order chi connectivity index (χ1) is 13.4. The van der Waals surface area contributed by atoms with Crippen LogP contribution < -0.4 is 4.74 Å². The highest BCUT2D eigenvalue weighted by Crippen LogP contribution is 2.33. The molecule has 0 bridgehead atoms. The van der Waals surface area contributed by atoms with Gasteiger partial charge in [0.25, 0.3) is 0 Å². The minimum absolute atomic E-state index is 0.276. The number of halogens is 1. The number of unbranched alkanes of at least 4 members (excludes halogenated alkanes) is 6. The fraction of sp³-hybridized carbons (Fsp3) is 0.652. The molecule has 4 nitrogen and oxygen atoms in total. The van der Waals surface area contributed by atoms with Crippen molar-refractivity contribution in [3.63, 3.8) is 0 Å². The van der Waals surface area contributed by atoms with E-state index in [1.807, 2.05) is 13.0 Å². The number of hydrogen-bond acceptors (Lipinski definition) is 4. The van der Waals surface area contributed by atoms with Crippen LogP contribution in [0.3, 0.4) is 0 Å². The summed E-state index contributed by atoms with van der Waals surface area (Å²) < 4.78 is 11.0. The smallest absolute Gasteiger partial charge is 0.328 e. The number of ether oxygens (including phenoxy) is 2. The topological polar surface area (TPSA) is 52.6 Å². The van der Waals surface area contributed by atoms with Gasteiger partial charge in [-0.05, 0) is 43.9 Å². The highest BCUT2D eigenvalue weighted by Gasteiger charge is 2.46. The summed E-state index contributed by atoms with van der Waals surface area (Å²) in [6.07, 6.45) is 8.64. The maximum atomic E-state index is 12.9. The van der Waals surface area contributed by atoms with Crippen LogP contribution in [-0.4, -0.2) is 18.5 Å². The molecule has 0 aliphatic carbocycles. The average Bonchev–Trinajstić information content (AvgIpc) is 2.68. The van der Waals surface area contributed by atoms with Crippen molar-refractivity contribution in [2.75, 3.05) is 6.61 Å². The van der Waals surface area contributed by atoms with Gasteiger partial charge in [-0.15, -0.1) is 0 Å². The number of benzene rings is 1. The summed E-state index contributed by atoms with van der Waals surface area (Å²) in [6.45, 7) is 8.03. The highest BCUT2D eigenvalue weighted by molar-refractivity contribution is 6.32. The molecule has 0 aliphatic rings. The van der Waals surface area contributed by atoms with E-state index in [0.29, 0.717) is 24.5 Å². The van der Waals surface area contributed by atoms with Gasteiger partial charge in [0, 0.05) is 0 Å². The standard InChI is InChI=1S/C23H35ClO4/c1-5-8-9-10-11-12-13-16-27-21(25)23(6-2,7-3)22(26)28-20-17-18(4)14-15-19(20)24/h14-15,17H,5-13,16H2,1-4H3. The molecule has 0 N–H and O–H groups in total. The molecule has 0 radical (unpaired) electrons. The second kappa shape index (κ2) is 12.8. The predicted molar refractivity (Wildman–Crippen MR) is 114 cm³/mol. The van der Waals surface area contributed by atoms with E-state index < -0.39 is 17.4 Å². The molecular formula is C23H35ClO4. The van der Waals surface area contributed by atoms with Gasteiger partial charge in [-0.1, -0.05) is 77.0 Å². The normalized spacial score (nSPS) is 11.3. The lowest BCUT2D eigenvalue weighted by atomic mass is 9.82. The first-order valence-electron chi connectivity index (χ1n) is 10.6. The van der Waals surface area contributed by atoms with Crippen molar-refractivity contribution >= 4 is 23.5 Å². The van der Waals surface area contributed by atoms with Crippen LogP contribution in [0.25, 0.3) is 0 Å². The van der Waals surface area contributed by atoms with E-state index in [4.69, 9.17) is 21.1 Å². The average molecular weight is 411 g/mol. The molecule has 158 valence electrons. The van der Waals surface area contributed by atoms with E-state index in [2.05, 4.69) is 6.92 Å². The molecule has 0 unspecified atom stereocenters. The third kappa shape index (κ3) is 7.12. The van der Waals surface area contributed by atoms with Crippen LogP contribution in [0.2, 0.25) is 5.02 Å². The van der Waals surface area contributed by atoms with Gasteiger partial charge in [-0.25, -0.2) is 0 Å². The Morgan fingerprint density at radius 2 is 1.54 bits per heavy atom. The van der Waals surface area contributed by atoms with Gasteiger partial charge in [0.15, 0.2) is 5.41 Å². The summed E-state index contributed by atoms with van der Waals surface area (Å²) in [5.74, 6) is -0.829. The molecule has 1 aromatic rings. The lowest BCUT2D eigenvalue weighted by molar-refractivity contribution is -0.168. The molecule has 0 heterocycles. The molecule has 28 heavy (non-hydrogen) atoms. The summed E-state index contributed by atoms with van der Waals surface area (Å²) in [5.41, 5.74) is -0.374. The van der Waals surface area contributed by atoms with Crippen LogP contribution in [0.15, 0.2) is 18.2 Å². The van der Waals surface area contributed by atoms with Crippen molar-refractivity contribution in [3.8, 4) is 5.75 Å². The van der Waals surface area contributed by atoms with Crippen LogP contribution in [-0.2, 0) is 14.3 Å². The second-order valence-corrected chi connectivity index (χ2v) is 7.78. The van der Waals surface area contributed by atoms with Crippen molar-refractivity contribution in [1.82, 2.24) is 0 Å². The zero-order valence-electron chi connectivity index (χ0n) is 17.8. The molecule has 0 aliphatic heterocycles. The molecule has 0 saturated heterocycles. The number of hydrogen-bond donors (Lipinski definition) is 0. The zero-order chi connectivity index (χ0) is 21.0. The summed E-state index contributed by atoms with van der Waals surface area (Å²) in [4.78, 5) is 25.6. The Morgan fingerprint density at radius 3 is 2.14 bits per heavy atom. The van der Waals surface area contributed by atoms with E-state index in [9.17, 15) is 9.59 Å². The molecular weight excluding hydrogens is 376 g/mol. The fourth-order valence-electron chi connectivity index (χ4n) is 3.16. The van der Waals surface area contributed by atoms with Gasteiger partial charge < -0.3 is 9.47 Å². The quantitative estimate of drug-likeness (QED) is 0.158. The Bertz CT molecular complexity index is 623. The molecule has 0 saturated carbocycles. The number of rotatable bonds is 13. The van der Waals surface area contributed by atoms with E-state index in [0.717, 1.165) is 24.8 Å². The van der Waals surface area contributed by atoms with Crippen LogP contribution in [0.5, 0.6) is 5.75 Å². The van der Waals surface area contributed by atoms with Crippen LogP contribution in [0.1, 0.15) is 84.1 Å². The maximum Gasteiger partial charge on any atom is 0.328 e. The van der Waals surface area contributed by atoms with Gasteiger partial charge in [-0.3, -0.25) is 9.59 Å². The Hall–Kier alpha value is -1.55. The monoisotopic (exact) mass is 410 g/mol. The number of carbonyl (C=O) groups excluding carboxylic acids is 2. The fourth-order valence-corrected chi connectivity index (χ4v) is 3.32. The Kier molecular flexibility index (Phi) is 11.2. The molecule has 5 heteroatoms. The van der Waals surface area contributed by atoms with Crippen molar-refractivity contribution in [2.45, 2.75) is 85.5 Å². The molecule has 0 amide bonds. The number of carbonyl (C=O) groups is 2. The Morgan fingerprint density at radius 1 is 0.929 bits per heavy atom. The van der Waals surface area contributed by atoms with Gasteiger partial charge in [0.05, 0.1) is 11.6 Å². The van der Waals surface area contributed by atoms with Crippen molar-refractivity contribution in [3.05, 3.63) is 28.8 Å². The number of aryl methyl sites for hydroxylation is 1. The van der Waals surface area contributed by atoms with E-state index in [1.54, 1.807) is 26.0 Å². The Balaban J connectivity index is 2.61. The lowest BCUT2D eigenvalue weighted by Gasteiger charge is -2.27. The van der Waals surface area contributed by atoms with E-state index in [-0.39, 0.29) is 5.75 Å². The Labute approximate surface area is 174 Å². The summed E-state index contributed by atoms with van der Waals surface area (Å²) in [6, 6.07) is 5.21. The summed E-state index contributed by atoms with van der Waals surface area (Å²) in [7, 11) is 0. The minimum atomic E-state index is -1.30. The molecule has 1 aromatic carbocycles. The van der Waals surface area contributed by atoms with Gasteiger partial charge in [0.1, 0.15) is 5.75 Å². The predicted octanol–water partition coefficient (Wildman–Crippen LogP) is 6.65. The third-order valence-corrected chi connectivity index (χ3v) is 5.57. The second-order valence-electron chi connectivity index (χ2n) is 7.37. The van der Waals surface area contributed by atoms with Crippen molar-refractivity contribution < 1.29 is 19.1 Å². The van der Waals surface area contributed by atoms with Gasteiger partial charge in [0.2, 0.25) is 0 Å². The van der Waals surface area contributed by atoms with Crippen LogP contribution >= 0.6 is 11.6 Å². The molecule has 0 atom stereocenters.